The van der Waals surface area contributed by atoms with E-state index in [-0.39, 0.29) is 30.8 Å². The van der Waals surface area contributed by atoms with E-state index in [0.29, 0.717) is 18.3 Å². The lowest BCUT2D eigenvalue weighted by Gasteiger charge is -2.36. The number of nitrogens with zero attached hydrogens (tertiary/aromatic N) is 3. The number of hydrogen-bond acceptors (Lipinski definition) is 5. The van der Waals surface area contributed by atoms with Crippen LogP contribution in [0.5, 0.6) is 0 Å². The van der Waals surface area contributed by atoms with Crippen molar-refractivity contribution in [3.8, 4) is 0 Å². The molecule has 24 heavy (non-hydrogen) atoms. The van der Waals surface area contributed by atoms with Crippen molar-refractivity contribution in [3.63, 3.8) is 0 Å². The molecule has 2 heterocycles. The maximum absolute atomic E-state index is 12.3. The number of fused-ring (bicyclic) bond motifs is 1. The molecule has 0 aliphatic carbocycles. The van der Waals surface area contributed by atoms with E-state index in [9.17, 15) is 9.59 Å². The van der Waals surface area contributed by atoms with Gasteiger partial charge in [-0.2, -0.15) is 0 Å². The minimum Gasteiger partial charge on any atom is -0.424 e. The van der Waals surface area contributed by atoms with E-state index in [4.69, 9.17) is 4.42 Å². The van der Waals surface area contributed by atoms with Gasteiger partial charge in [-0.3, -0.25) is 9.59 Å². The zero-order chi connectivity index (χ0) is 17.1. The molecule has 1 N–H and O–H groups in total. The summed E-state index contributed by atoms with van der Waals surface area (Å²) in [6.45, 7) is 4.06. The topological polar surface area (TPSA) is 88.3 Å². The van der Waals surface area contributed by atoms with Crippen molar-refractivity contribution in [2.75, 3.05) is 6.54 Å². The molecule has 2 amide bonds. The monoisotopic (exact) mass is 328 g/mol. The molecule has 1 atom stereocenters. The van der Waals surface area contributed by atoms with E-state index in [2.05, 4.69) is 21.6 Å². The summed E-state index contributed by atoms with van der Waals surface area (Å²) in [5, 5.41) is 10.3. The Hall–Kier alpha value is -2.70. The Labute approximate surface area is 140 Å². The summed E-state index contributed by atoms with van der Waals surface area (Å²) < 4.78 is 5.24. The van der Waals surface area contributed by atoms with Gasteiger partial charge in [0, 0.05) is 20.4 Å². The lowest BCUT2D eigenvalue weighted by atomic mass is 9.90. The molecule has 7 heteroatoms. The molecular formula is C17H20N4O3. The smallest absolute Gasteiger partial charge is 0.235 e. The quantitative estimate of drug-likeness (QED) is 0.919. The predicted octanol–water partition coefficient (Wildman–Crippen LogP) is 1.53. The van der Waals surface area contributed by atoms with Crippen molar-refractivity contribution in [1.29, 1.82) is 0 Å². The predicted molar refractivity (Wildman–Crippen MR) is 85.8 cm³/mol. The molecule has 0 unspecified atom stereocenters. The molecule has 3 rings (SSSR count). The lowest BCUT2D eigenvalue weighted by molar-refractivity contribution is -0.133. The van der Waals surface area contributed by atoms with Gasteiger partial charge < -0.3 is 14.6 Å². The van der Waals surface area contributed by atoms with Crippen molar-refractivity contribution < 1.29 is 14.0 Å². The summed E-state index contributed by atoms with van der Waals surface area (Å²) in [7, 11) is 0. The van der Waals surface area contributed by atoms with Crippen molar-refractivity contribution in [2.45, 2.75) is 39.3 Å². The van der Waals surface area contributed by atoms with Gasteiger partial charge in [-0.15, -0.1) is 10.2 Å². The van der Waals surface area contributed by atoms with Gasteiger partial charge in [-0.1, -0.05) is 24.3 Å². The fraction of sp³-hybridized carbons (Fsp3) is 0.412. The Bertz CT molecular complexity index is 756. The van der Waals surface area contributed by atoms with Gasteiger partial charge in [0.2, 0.25) is 23.6 Å². The summed E-state index contributed by atoms with van der Waals surface area (Å²) in [6, 6.07) is 7.73. The second-order valence-corrected chi connectivity index (χ2v) is 5.87. The lowest BCUT2D eigenvalue weighted by Crippen LogP contribution is -2.41. The second kappa shape index (κ2) is 6.82. The van der Waals surface area contributed by atoms with Crippen LogP contribution in [-0.4, -0.2) is 33.5 Å². The summed E-state index contributed by atoms with van der Waals surface area (Å²) >= 11 is 0. The number of aryl methyl sites for hydroxylation is 1. The fourth-order valence-corrected chi connectivity index (χ4v) is 3.08. The molecule has 0 saturated heterocycles. The van der Waals surface area contributed by atoms with Crippen LogP contribution in [0.3, 0.4) is 0 Å². The number of benzene rings is 1. The number of hydrogen-bond donors (Lipinski definition) is 1. The van der Waals surface area contributed by atoms with Crippen molar-refractivity contribution in [1.82, 2.24) is 20.4 Å². The van der Waals surface area contributed by atoms with Gasteiger partial charge in [0.25, 0.3) is 0 Å². The highest BCUT2D eigenvalue weighted by Gasteiger charge is 2.30. The minimum absolute atomic E-state index is 0.0187. The number of nitrogens with one attached hydrogen (secondary N) is 1. The molecule has 126 valence electrons. The highest BCUT2D eigenvalue weighted by atomic mass is 16.4. The normalized spacial score (nSPS) is 16.6. The van der Waals surface area contributed by atoms with Crippen LogP contribution in [0.2, 0.25) is 0 Å². The van der Waals surface area contributed by atoms with Gasteiger partial charge in [0.15, 0.2) is 0 Å². The summed E-state index contributed by atoms with van der Waals surface area (Å²) in [5.74, 6) is 0.658. The Morgan fingerprint density at radius 3 is 2.83 bits per heavy atom. The third-order valence-electron chi connectivity index (χ3n) is 4.20. The van der Waals surface area contributed by atoms with Crippen molar-refractivity contribution in [2.24, 2.45) is 0 Å². The zero-order valence-electron chi connectivity index (χ0n) is 13.8. The highest BCUT2D eigenvalue weighted by Crippen LogP contribution is 2.32. The van der Waals surface area contributed by atoms with E-state index in [1.807, 2.05) is 18.2 Å². The largest absolute Gasteiger partial charge is 0.424 e. The SMILES string of the molecule is CC(=O)N1CCc2ccccc2[C@@H]1CC(=O)NCc1nnc(C)o1. The molecule has 1 aromatic carbocycles. The fourth-order valence-electron chi connectivity index (χ4n) is 3.08. The standard InChI is InChI=1S/C17H20N4O3/c1-11-19-20-17(24-11)10-18-16(23)9-15-14-6-4-3-5-13(14)7-8-21(15)12(2)22/h3-6,15H,7-10H2,1-2H3,(H,18,23)/t15-/m0/s1. The molecule has 0 bridgehead atoms. The molecule has 1 aliphatic heterocycles. The molecule has 7 nitrogen and oxygen atoms in total. The van der Waals surface area contributed by atoms with E-state index in [1.165, 1.54) is 5.56 Å². The van der Waals surface area contributed by atoms with Gasteiger partial charge in [-0.25, -0.2) is 0 Å². The maximum Gasteiger partial charge on any atom is 0.235 e. The highest BCUT2D eigenvalue weighted by molar-refractivity contribution is 5.79. The molecule has 2 aromatic rings. The average Bonchev–Trinajstić information content (AvgIpc) is 2.98. The Morgan fingerprint density at radius 2 is 2.12 bits per heavy atom. The van der Waals surface area contributed by atoms with Crippen LogP contribution in [0, 0.1) is 6.92 Å². The number of aromatic nitrogens is 2. The summed E-state index contributed by atoms with van der Waals surface area (Å²) in [5.41, 5.74) is 2.24. The Balaban J connectivity index is 1.70. The van der Waals surface area contributed by atoms with Gasteiger partial charge in [-0.05, 0) is 17.5 Å². The average molecular weight is 328 g/mol. The first-order valence-corrected chi connectivity index (χ1v) is 7.95. The maximum atomic E-state index is 12.3. The molecule has 0 radical (unpaired) electrons. The van der Waals surface area contributed by atoms with Crippen molar-refractivity contribution in [3.05, 3.63) is 47.2 Å². The zero-order valence-corrected chi connectivity index (χ0v) is 13.8. The molecule has 1 aliphatic rings. The number of rotatable bonds is 4. The summed E-state index contributed by atoms with van der Waals surface area (Å²) in [4.78, 5) is 26.0. The molecular weight excluding hydrogens is 308 g/mol. The molecule has 1 aromatic heterocycles. The van der Waals surface area contributed by atoms with Crippen LogP contribution in [0.4, 0.5) is 0 Å². The second-order valence-electron chi connectivity index (χ2n) is 5.87. The van der Waals surface area contributed by atoms with Crippen LogP contribution in [0.15, 0.2) is 28.7 Å². The number of amides is 2. The molecule has 0 saturated carbocycles. The van der Waals surface area contributed by atoms with E-state index < -0.39 is 0 Å². The molecule has 0 spiro atoms. The van der Waals surface area contributed by atoms with Crippen LogP contribution in [0.1, 0.15) is 42.3 Å². The van der Waals surface area contributed by atoms with Gasteiger partial charge in [0.1, 0.15) is 0 Å². The van der Waals surface area contributed by atoms with Gasteiger partial charge >= 0.3 is 0 Å². The first-order chi connectivity index (χ1) is 11.5. The first-order valence-electron chi connectivity index (χ1n) is 7.95. The molecule has 0 fully saturated rings. The van der Waals surface area contributed by atoms with Crippen LogP contribution in [0.25, 0.3) is 0 Å². The van der Waals surface area contributed by atoms with Crippen LogP contribution >= 0.6 is 0 Å². The van der Waals surface area contributed by atoms with Crippen LogP contribution in [-0.2, 0) is 22.6 Å². The van der Waals surface area contributed by atoms with Crippen molar-refractivity contribution >= 4 is 11.8 Å². The van der Waals surface area contributed by atoms with E-state index in [1.54, 1.807) is 18.7 Å². The summed E-state index contributed by atoms with van der Waals surface area (Å²) in [6.07, 6.45) is 1.03. The third-order valence-corrected chi connectivity index (χ3v) is 4.20. The third kappa shape index (κ3) is 3.45. The van der Waals surface area contributed by atoms with E-state index >= 15 is 0 Å². The minimum atomic E-state index is -0.239. The van der Waals surface area contributed by atoms with Crippen LogP contribution < -0.4 is 5.32 Å². The first kappa shape index (κ1) is 16.2. The Kier molecular flexibility index (Phi) is 4.59. The number of carbonyl (C=O) groups excluding carboxylic acids is 2. The Morgan fingerprint density at radius 1 is 1.33 bits per heavy atom. The number of carbonyl (C=O) groups is 2. The van der Waals surface area contributed by atoms with E-state index in [0.717, 1.165) is 12.0 Å². The van der Waals surface area contributed by atoms with Gasteiger partial charge in [0.05, 0.1) is 19.0 Å².